The zero-order valence-corrected chi connectivity index (χ0v) is 12.3. The van der Waals surface area contributed by atoms with Crippen LogP contribution in [0, 0.1) is 0 Å². The van der Waals surface area contributed by atoms with Crippen molar-refractivity contribution in [2.45, 2.75) is 6.54 Å². The van der Waals surface area contributed by atoms with E-state index in [-0.39, 0.29) is 5.75 Å². The fraction of sp³-hybridized carbons (Fsp3) is 0.500. The van der Waals surface area contributed by atoms with Crippen LogP contribution < -0.4 is 0 Å². The quantitative estimate of drug-likeness (QED) is 0.909. The van der Waals surface area contributed by atoms with Crippen LogP contribution >= 0.6 is 11.6 Å². The second-order valence-electron chi connectivity index (χ2n) is 4.72. The molecule has 1 aromatic rings. The largest absolute Gasteiger partial charge is 0.506 e. The molecule has 19 heavy (non-hydrogen) atoms. The Morgan fingerprint density at radius 1 is 1.26 bits per heavy atom. The van der Waals surface area contributed by atoms with Gasteiger partial charge < -0.3 is 5.11 Å². The number of phenols is 1. The van der Waals surface area contributed by atoms with Crippen LogP contribution in [0.5, 0.6) is 5.75 Å². The Morgan fingerprint density at radius 3 is 2.42 bits per heavy atom. The highest BCUT2D eigenvalue weighted by Crippen LogP contribution is 2.24. The highest BCUT2D eigenvalue weighted by atomic mass is 35.5. The Kier molecular flexibility index (Phi) is 4.35. The van der Waals surface area contributed by atoms with Gasteiger partial charge in [0.15, 0.2) is 0 Å². The molecule has 0 amide bonds. The lowest BCUT2D eigenvalue weighted by Gasteiger charge is -2.33. The molecule has 0 spiro atoms. The molecule has 1 saturated heterocycles. The van der Waals surface area contributed by atoms with E-state index in [1.54, 1.807) is 12.1 Å². The Morgan fingerprint density at radius 2 is 1.89 bits per heavy atom. The second kappa shape index (κ2) is 5.66. The average molecular weight is 305 g/mol. The molecule has 0 radical (unpaired) electrons. The van der Waals surface area contributed by atoms with Crippen molar-refractivity contribution < 1.29 is 13.5 Å². The van der Waals surface area contributed by atoms with E-state index in [0.29, 0.717) is 37.7 Å². The summed E-state index contributed by atoms with van der Waals surface area (Å²) in [5.74, 6) is 0.0762. The number of benzene rings is 1. The molecule has 1 aliphatic heterocycles. The van der Waals surface area contributed by atoms with E-state index in [4.69, 9.17) is 11.6 Å². The van der Waals surface area contributed by atoms with Crippen molar-refractivity contribution in [2.24, 2.45) is 0 Å². The van der Waals surface area contributed by atoms with Gasteiger partial charge in [0, 0.05) is 32.7 Å². The molecule has 106 valence electrons. The Balaban J connectivity index is 1.94. The van der Waals surface area contributed by atoms with Crippen molar-refractivity contribution in [3.05, 3.63) is 28.8 Å². The molecule has 1 aromatic carbocycles. The molecular weight excluding hydrogens is 288 g/mol. The summed E-state index contributed by atoms with van der Waals surface area (Å²) in [5.41, 5.74) is 1.01. The predicted molar refractivity (Wildman–Crippen MR) is 74.8 cm³/mol. The number of hydrogen-bond donors (Lipinski definition) is 1. The van der Waals surface area contributed by atoms with Crippen LogP contribution in [0.1, 0.15) is 5.56 Å². The summed E-state index contributed by atoms with van der Waals surface area (Å²) in [4.78, 5) is 2.17. The lowest BCUT2D eigenvalue weighted by Crippen LogP contribution is -2.47. The molecule has 0 aromatic heterocycles. The summed E-state index contributed by atoms with van der Waals surface area (Å²) in [5, 5.41) is 9.69. The maximum Gasteiger partial charge on any atom is 0.211 e. The summed E-state index contributed by atoms with van der Waals surface area (Å²) in [6, 6.07) is 5.13. The molecule has 1 aliphatic rings. The third-order valence-electron chi connectivity index (χ3n) is 3.22. The van der Waals surface area contributed by atoms with Gasteiger partial charge in [-0.05, 0) is 17.7 Å². The number of nitrogens with zero attached hydrogens (tertiary/aromatic N) is 2. The molecule has 5 nitrogen and oxygen atoms in total. The number of rotatable bonds is 3. The second-order valence-corrected chi connectivity index (χ2v) is 7.11. The first kappa shape index (κ1) is 14.6. The van der Waals surface area contributed by atoms with Crippen molar-refractivity contribution in [3.63, 3.8) is 0 Å². The summed E-state index contributed by atoms with van der Waals surface area (Å²) >= 11 is 5.86. The predicted octanol–water partition coefficient (Wildman–Crippen LogP) is 1.12. The Hall–Kier alpha value is -0.820. The molecule has 0 atom stereocenters. The van der Waals surface area contributed by atoms with Crippen LogP contribution in [0.2, 0.25) is 5.02 Å². The van der Waals surface area contributed by atoms with Crippen LogP contribution in [-0.2, 0) is 16.6 Å². The van der Waals surface area contributed by atoms with Crippen LogP contribution in [0.4, 0.5) is 0 Å². The number of phenolic OH excluding ortho intramolecular Hbond substituents is 1. The number of piperazine rings is 1. The highest BCUT2D eigenvalue weighted by molar-refractivity contribution is 7.88. The lowest BCUT2D eigenvalue weighted by atomic mass is 10.2. The minimum Gasteiger partial charge on any atom is -0.506 e. The third-order valence-corrected chi connectivity index (χ3v) is 4.82. The maximum atomic E-state index is 11.4. The van der Waals surface area contributed by atoms with Gasteiger partial charge in [-0.3, -0.25) is 4.90 Å². The van der Waals surface area contributed by atoms with Crippen LogP contribution in [0.3, 0.4) is 0 Å². The van der Waals surface area contributed by atoms with Crippen LogP contribution in [0.25, 0.3) is 0 Å². The van der Waals surface area contributed by atoms with Gasteiger partial charge in [0.25, 0.3) is 0 Å². The van der Waals surface area contributed by atoms with Gasteiger partial charge >= 0.3 is 0 Å². The molecule has 0 saturated carbocycles. The fourth-order valence-corrected chi connectivity index (χ4v) is 3.16. The van der Waals surface area contributed by atoms with E-state index >= 15 is 0 Å². The molecule has 0 bridgehead atoms. The first-order valence-electron chi connectivity index (χ1n) is 6.01. The maximum absolute atomic E-state index is 11.4. The van der Waals surface area contributed by atoms with Gasteiger partial charge in [0.05, 0.1) is 11.3 Å². The Labute approximate surface area is 118 Å². The minimum absolute atomic E-state index is 0.0762. The number of halogens is 1. The SMILES string of the molecule is CS(=O)(=O)N1CCN(Cc2ccc(O)c(Cl)c2)CC1. The lowest BCUT2D eigenvalue weighted by molar-refractivity contribution is 0.182. The van der Waals surface area contributed by atoms with Crippen molar-refractivity contribution in [1.29, 1.82) is 0 Å². The van der Waals surface area contributed by atoms with Crippen molar-refractivity contribution in [3.8, 4) is 5.75 Å². The molecular formula is C12H17ClN2O3S. The van der Waals surface area contributed by atoms with E-state index < -0.39 is 10.0 Å². The van der Waals surface area contributed by atoms with Gasteiger partial charge in [-0.1, -0.05) is 17.7 Å². The molecule has 2 rings (SSSR count). The van der Waals surface area contributed by atoms with E-state index in [1.807, 2.05) is 6.07 Å². The summed E-state index contributed by atoms with van der Waals surface area (Å²) < 4.78 is 24.3. The number of sulfonamides is 1. The summed E-state index contributed by atoms with van der Waals surface area (Å²) in [6.07, 6.45) is 1.24. The average Bonchev–Trinajstić information content (AvgIpc) is 2.33. The fourth-order valence-electron chi connectivity index (χ4n) is 2.13. The zero-order chi connectivity index (χ0) is 14.0. The number of aromatic hydroxyl groups is 1. The van der Waals surface area contributed by atoms with Crippen LogP contribution in [0.15, 0.2) is 18.2 Å². The van der Waals surface area contributed by atoms with Crippen molar-refractivity contribution >= 4 is 21.6 Å². The van der Waals surface area contributed by atoms with Gasteiger partial charge in [-0.2, -0.15) is 4.31 Å². The molecule has 1 N–H and O–H groups in total. The van der Waals surface area contributed by atoms with Gasteiger partial charge in [0.2, 0.25) is 10.0 Å². The van der Waals surface area contributed by atoms with Crippen molar-refractivity contribution in [2.75, 3.05) is 32.4 Å². The van der Waals surface area contributed by atoms with E-state index in [1.165, 1.54) is 10.6 Å². The minimum atomic E-state index is -3.08. The zero-order valence-electron chi connectivity index (χ0n) is 10.7. The number of hydrogen-bond acceptors (Lipinski definition) is 4. The first-order chi connectivity index (χ1) is 8.86. The van der Waals surface area contributed by atoms with Crippen LogP contribution in [-0.4, -0.2) is 55.2 Å². The van der Waals surface area contributed by atoms with E-state index in [2.05, 4.69) is 4.90 Å². The monoisotopic (exact) mass is 304 g/mol. The summed E-state index contributed by atoms with van der Waals surface area (Å²) in [6.45, 7) is 3.14. The van der Waals surface area contributed by atoms with E-state index in [0.717, 1.165) is 5.56 Å². The molecule has 1 heterocycles. The normalized spacial score (nSPS) is 18.6. The topological polar surface area (TPSA) is 60.9 Å². The molecule has 0 unspecified atom stereocenters. The third kappa shape index (κ3) is 3.82. The Bertz CT molecular complexity index is 554. The smallest absolute Gasteiger partial charge is 0.211 e. The van der Waals surface area contributed by atoms with Gasteiger partial charge in [0.1, 0.15) is 5.75 Å². The molecule has 7 heteroatoms. The highest BCUT2D eigenvalue weighted by Gasteiger charge is 2.23. The summed E-state index contributed by atoms with van der Waals surface area (Å²) in [7, 11) is -3.08. The molecule has 1 fully saturated rings. The van der Waals surface area contributed by atoms with E-state index in [9.17, 15) is 13.5 Å². The van der Waals surface area contributed by atoms with Gasteiger partial charge in [-0.15, -0.1) is 0 Å². The van der Waals surface area contributed by atoms with Crippen molar-refractivity contribution in [1.82, 2.24) is 9.21 Å². The standard InChI is InChI=1S/C12H17ClN2O3S/c1-19(17,18)15-6-4-14(5-7-15)9-10-2-3-12(16)11(13)8-10/h2-3,8,16H,4-7,9H2,1H3. The molecule has 0 aliphatic carbocycles. The van der Waals surface area contributed by atoms with Gasteiger partial charge in [-0.25, -0.2) is 8.42 Å². The first-order valence-corrected chi connectivity index (χ1v) is 8.24.